The Hall–Kier alpha value is -1.66. The highest BCUT2D eigenvalue weighted by Gasteiger charge is 2.20. The highest BCUT2D eigenvalue weighted by atomic mass is 16.5. The summed E-state index contributed by atoms with van der Waals surface area (Å²) in [6, 6.07) is -0.542. The van der Waals surface area contributed by atoms with Crippen molar-refractivity contribution in [2.24, 2.45) is 0 Å². The van der Waals surface area contributed by atoms with Gasteiger partial charge in [0.15, 0.2) is 0 Å². The summed E-state index contributed by atoms with van der Waals surface area (Å²) in [5, 5.41) is 23.3. The van der Waals surface area contributed by atoms with Crippen LogP contribution in [0.1, 0.15) is 341 Å². The second-order valence-corrected chi connectivity index (χ2v) is 21.4. The number of aliphatic hydroxyl groups excluding tert-OH is 2. The van der Waals surface area contributed by atoms with Crippen molar-refractivity contribution < 1.29 is 24.5 Å². The van der Waals surface area contributed by atoms with Crippen molar-refractivity contribution in [3.8, 4) is 0 Å². The SMILES string of the molecule is CCCCC/C=C\C/C=C\CCCCCCCC(=O)OCCCCCCCCCCCCCCCCCCCCCCCC(=O)NC(CO)C(O)CCCCCCCCCCCCCCCCCC. The zero-order valence-corrected chi connectivity index (χ0v) is 46.6. The quantitative estimate of drug-likeness (QED) is 0.0321. The van der Waals surface area contributed by atoms with Crippen molar-refractivity contribution in [3.63, 3.8) is 0 Å². The van der Waals surface area contributed by atoms with Gasteiger partial charge < -0.3 is 20.3 Å². The molecule has 6 nitrogen and oxygen atoms in total. The third-order valence-corrected chi connectivity index (χ3v) is 14.5. The predicted octanol–water partition coefficient (Wildman–Crippen LogP) is 19.4. The maximum Gasteiger partial charge on any atom is 0.305 e. The molecule has 0 saturated carbocycles. The molecule has 0 aromatic rings. The Morgan fingerprint density at radius 3 is 1.13 bits per heavy atom. The van der Waals surface area contributed by atoms with Crippen LogP contribution in [0, 0.1) is 0 Å². The van der Waals surface area contributed by atoms with Gasteiger partial charge in [0.25, 0.3) is 0 Å². The van der Waals surface area contributed by atoms with Gasteiger partial charge in [0.1, 0.15) is 0 Å². The van der Waals surface area contributed by atoms with Crippen LogP contribution in [0.25, 0.3) is 0 Å². The summed E-state index contributed by atoms with van der Waals surface area (Å²) in [6.07, 6.45) is 71.8. The molecule has 0 aliphatic carbocycles. The molecule has 2 unspecified atom stereocenters. The fourth-order valence-electron chi connectivity index (χ4n) is 9.73. The van der Waals surface area contributed by atoms with Crippen LogP contribution in [0.4, 0.5) is 0 Å². The van der Waals surface area contributed by atoms with E-state index >= 15 is 0 Å². The molecule has 0 aliphatic heterocycles. The first kappa shape index (κ1) is 67.3. The molecule has 0 spiro atoms. The van der Waals surface area contributed by atoms with Crippen molar-refractivity contribution in [1.82, 2.24) is 5.32 Å². The van der Waals surface area contributed by atoms with E-state index in [1.54, 1.807) is 0 Å². The lowest BCUT2D eigenvalue weighted by molar-refractivity contribution is -0.143. The molecule has 1 amide bonds. The van der Waals surface area contributed by atoms with Gasteiger partial charge in [0.05, 0.1) is 25.4 Å². The molecule has 3 N–H and O–H groups in total. The summed E-state index contributed by atoms with van der Waals surface area (Å²) >= 11 is 0. The maximum atomic E-state index is 12.5. The number of ether oxygens (including phenoxy) is 1. The Balaban J connectivity index is 3.39. The average molecular weight is 973 g/mol. The number of rotatable bonds is 58. The van der Waals surface area contributed by atoms with Crippen LogP contribution in [-0.4, -0.2) is 47.4 Å². The second-order valence-electron chi connectivity index (χ2n) is 21.4. The highest BCUT2D eigenvalue weighted by Crippen LogP contribution is 2.18. The van der Waals surface area contributed by atoms with Crippen LogP contribution in [0.15, 0.2) is 24.3 Å². The predicted molar refractivity (Wildman–Crippen MR) is 301 cm³/mol. The summed E-state index contributed by atoms with van der Waals surface area (Å²) in [7, 11) is 0. The topological polar surface area (TPSA) is 95.9 Å². The Labute approximate surface area is 431 Å². The Kier molecular flexibility index (Phi) is 57.5. The smallest absolute Gasteiger partial charge is 0.305 e. The molecule has 0 saturated heterocycles. The van der Waals surface area contributed by atoms with E-state index in [1.807, 2.05) is 0 Å². The van der Waals surface area contributed by atoms with Crippen molar-refractivity contribution >= 4 is 11.9 Å². The van der Waals surface area contributed by atoms with Gasteiger partial charge >= 0.3 is 5.97 Å². The van der Waals surface area contributed by atoms with Gasteiger partial charge in [-0.25, -0.2) is 0 Å². The van der Waals surface area contributed by atoms with Crippen molar-refractivity contribution in [2.45, 2.75) is 353 Å². The maximum absolute atomic E-state index is 12.5. The first-order valence-electron chi connectivity index (χ1n) is 31.1. The molecule has 6 heteroatoms. The number of carbonyl (C=O) groups excluding carboxylic acids is 2. The van der Waals surface area contributed by atoms with Gasteiger partial charge in [-0.05, 0) is 57.8 Å². The lowest BCUT2D eigenvalue weighted by atomic mass is 10.0. The average Bonchev–Trinajstić information content (AvgIpc) is 3.35. The number of carbonyl (C=O) groups is 2. The molecule has 69 heavy (non-hydrogen) atoms. The number of amides is 1. The molecule has 2 atom stereocenters. The first-order valence-corrected chi connectivity index (χ1v) is 31.1. The van der Waals surface area contributed by atoms with Crippen LogP contribution in [0.5, 0.6) is 0 Å². The molecule has 0 rings (SSSR count). The molecular formula is C63H121NO5. The van der Waals surface area contributed by atoms with Crippen molar-refractivity contribution in [3.05, 3.63) is 24.3 Å². The third-order valence-electron chi connectivity index (χ3n) is 14.5. The molecule has 0 bridgehead atoms. The van der Waals surface area contributed by atoms with Gasteiger partial charge in [-0.1, -0.05) is 295 Å². The van der Waals surface area contributed by atoms with E-state index in [0.717, 1.165) is 51.4 Å². The van der Waals surface area contributed by atoms with Gasteiger partial charge in [-0.2, -0.15) is 0 Å². The minimum absolute atomic E-state index is 0.00153. The minimum Gasteiger partial charge on any atom is -0.466 e. The Morgan fingerprint density at radius 1 is 0.406 bits per heavy atom. The molecular weight excluding hydrogens is 851 g/mol. The third kappa shape index (κ3) is 55.5. The summed E-state index contributed by atoms with van der Waals surface area (Å²) < 4.78 is 5.48. The number of aliphatic hydroxyl groups is 2. The van der Waals surface area contributed by atoms with E-state index in [4.69, 9.17) is 4.74 Å². The molecule has 0 aromatic heterocycles. The van der Waals surface area contributed by atoms with Crippen LogP contribution < -0.4 is 5.32 Å². The summed E-state index contributed by atoms with van der Waals surface area (Å²) in [6.45, 7) is 4.94. The summed E-state index contributed by atoms with van der Waals surface area (Å²) in [4.78, 5) is 24.5. The fraction of sp³-hybridized carbons (Fsp3) is 0.905. The number of esters is 1. The normalized spacial score (nSPS) is 12.7. The summed E-state index contributed by atoms with van der Waals surface area (Å²) in [5.74, 6) is -0.0354. The van der Waals surface area contributed by atoms with E-state index in [-0.39, 0.29) is 18.5 Å². The molecule has 0 aliphatic rings. The van der Waals surface area contributed by atoms with Crippen LogP contribution in [0.2, 0.25) is 0 Å². The molecule has 0 fully saturated rings. The monoisotopic (exact) mass is 972 g/mol. The fourth-order valence-corrected chi connectivity index (χ4v) is 9.73. The number of allylic oxidation sites excluding steroid dienone is 4. The second kappa shape index (κ2) is 58.9. The standard InChI is InChI=1S/C63H121NO5/c1-3-5-7-9-11-13-15-17-19-28-31-35-39-43-47-51-55-61(66)60(59-65)64-62(67)56-52-48-44-40-36-32-29-25-23-21-20-22-24-26-30-34-38-42-46-50-54-58-69-63(68)57-53-49-45-41-37-33-27-18-16-14-12-10-8-6-4-2/h12,14,18,27,60-61,65-66H,3-11,13,15-17,19-26,28-59H2,1-2H3,(H,64,67)/b14-12-,27-18-. The first-order chi connectivity index (χ1) is 34.0. The van der Waals surface area contributed by atoms with Crippen molar-refractivity contribution in [1.29, 1.82) is 0 Å². The van der Waals surface area contributed by atoms with Crippen LogP contribution >= 0.6 is 0 Å². The molecule has 0 aromatic carbocycles. The Morgan fingerprint density at radius 2 is 0.725 bits per heavy atom. The van der Waals surface area contributed by atoms with E-state index < -0.39 is 12.1 Å². The number of unbranched alkanes of at least 4 members (excludes halogenated alkanes) is 43. The molecule has 408 valence electrons. The summed E-state index contributed by atoms with van der Waals surface area (Å²) in [5.41, 5.74) is 0. The molecule has 0 heterocycles. The van der Waals surface area contributed by atoms with Gasteiger partial charge in [0.2, 0.25) is 5.91 Å². The largest absolute Gasteiger partial charge is 0.466 e. The van der Waals surface area contributed by atoms with E-state index in [1.165, 1.54) is 257 Å². The lowest BCUT2D eigenvalue weighted by Gasteiger charge is -2.22. The van der Waals surface area contributed by atoms with Gasteiger partial charge in [0, 0.05) is 12.8 Å². The highest BCUT2D eigenvalue weighted by molar-refractivity contribution is 5.76. The zero-order chi connectivity index (χ0) is 50.0. The van der Waals surface area contributed by atoms with E-state index in [0.29, 0.717) is 25.9 Å². The number of nitrogens with one attached hydrogen (secondary N) is 1. The van der Waals surface area contributed by atoms with Crippen LogP contribution in [-0.2, 0) is 14.3 Å². The Bertz CT molecular complexity index is 1080. The molecule has 0 radical (unpaired) electrons. The van der Waals surface area contributed by atoms with Crippen LogP contribution in [0.3, 0.4) is 0 Å². The lowest BCUT2D eigenvalue weighted by Crippen LogP contribution is -2.45. The van der Waals surface area contributed by atoms with E-state index in [2.05, 4.69) is 43.5 Å². The van der Waals surface area contributed by atoms with E-state index in [9.17, 15) is 19.8 Å². The number of hydrogen-bond donors (Lipinski definition) is 3. The van der Waals surface area contributed by atoms with Gasteiger partial charge in [-0.3, -0.25) is 9.59 Å². The van der Waals surface area contributed by atoms with Crippen molar-refractivity contribution in [2.75, 3.05) is 13.2 Å². The number of hydrogen-bond acceptors (Lipinski definition) is 5. The minimum atomic E-state index is -0.665. The zero-order valence-electron chi connectivity index (χ0n) is 46.6. The van der Waals surface area contributed by atoms with Gasteiger partial charge in [-0.15, -0.1) is 0 Å².